The fraction of sp³-hybridized carbons (Fsp3) is 0.526. The second kappa shape index (κ2) is 7.84. The minimum atomic E-state index is -3.42. The molecular formula is C19H23F2N5O3. The van der Waals surface area contributed by atoms with Crippen LogP contribution in [0.25, 0.3) is 0 Å². The number of alkyl halides is 2. The molecule has 3 atom stereocenters. The van der Waals surface area contributed by atoms with E-state index in [2.05, 4.69) is 25.8 Å². The molecule has 10 heteroatoms. The lowest BCUT2D eigenvalue weighted by Crippen LogP contribution is -2.37. The lowest BCUT2D eigenvalue weighted by Gasteiger charge is -2.21. The molecule has 29 heavy (non-hydrogen) atoms. The van der Waals surface area contributed by atoms with Crippen molar-refractivity contribution < 1.29 is 23.0 Å². The number of pyridine rings is 1. The summed E-state index contributed by atoms with van der Waals surface area (Å²) in [4.78, 5) is 15.9. The van der Waals surface area contributed by atoms with Crippen molar-refractivity contribution in [3.05, 3.63) is 30.1 Å². The number of rotatable bonds is 0. The van der Waals surface area contributed by atoms with E-state index in [9.17, 15) is 13.6 Å². The Morgan fingerprint density at radius 2 is 2.10 bits per heavy atom. The molecule has 0 spiro atoms. The number of aromatic amines is 1. The highest BCUT2D eigenvalue weighted by molar-refractivity contribution is 5.67. The maximum Gasteiger partial charge on any atom is 0.407 e. The van der Waals surface area contributed by atoms with Gasteiger partial charge in [-0.25, -0.2) is 9.78 Å². The second-order valence-corrected chi connectivity index (χ2v) is 7.58. The molecule has 0 aromatic carbocycles. The Bertz CT molecular complexity index is 875. The summed E-state index contributed by atoms with van der Waals surface area (Å²) >= 11 is 0. The van der Waals surface area contributed by atoms with E-state index in [1.807, 2.05) is 6.07 Å². The molecule has 2 aromatic rings. The SMILES string of the molecule is C[C@@H]1CCC(F)(F)Oc2cc(ccn2)Nc2cc([nH]n2)[C@H]2CC[C@H](C2)OC(=O)N1. The molecule has 0 unspecified atom stereocenters. The highest BCUT2D eigenvalue weighted by Crippen LogP contribution is 2.36. The largest absolute Gasteiger partial charge is 0.446 e. The van der Waals surface area contributed by atoms with E-state index in [4.69, 9.17) is 9.47 Å². The fourth-order valence-corrected chi connectivity index (χ4v) is 3.68. The zero-order valence-electron chi connectivity index (χ0n) is 16.0. The van der Waals surface area contributed by atoms with Crippen molar-refractivity contribution in [2.24, 2.45) is 0 Å². The molecule has 1 fully saturated rings. The van der Waals surface area contributed by atoms with E-state index in [1.54, 1.807) is 13.0 Å². The van der Waals surface area contributed by atoms with Crippen LogP contribution in [-0.4, -0.2) is 39.5 Å². The standard InChI is InChI=1S/C19H23F2N5O3/c1-11-4-6-19(20,21)29-17-9-13(5-7-22-17)24-16-10-15(25-26-16)12-2-3-14(8-12)28-18(27)23-11/h5,7,9-12,14H,2-4,6,8H2,1H3,(H,23,27)(H2,24,25,26)/t11-,12+,14-/m1/s1. The molecule has 6 bridgehead atoms. The molecule has 4 rings (SSSR count). The van der Waals surface area contributed by atoms with E-state index in [-0.39, 0.29) is 24.3 Å². The van der Waals surface area contributed by atoms with Crippen molar-refractivity contribution in [3.63, 3.8) is 0 Å². The number of nitrogens with zero attached hydrogens (tertiary/aromatic N) is 2. The molecule has 0 radical (unpaired) electrons. The van der Waals surface area contributed by atoms with Gasteiger partial charge in [0, 0.05) is 41.7 Å². The number of alkyl carbamates (subject to hydrolysis) is 1. The third kappa shape index (κ3) is 4.93. The number of amides is 1. The van der Waals surface area contributed by atoms with Gasteiger partial charge in [-0.05, 0) is 38.7 Å². The van der Waals surface area contributed by atoms with Gasteiger partial charge < -0.3 is 20.1 Å². The van der Waals surface area contributed by atoms with E-state index < -0.39 is 24.7 Å². The number of hydrogen-bond acceptors (Lipinski definition) is 6. The van der Waals surface area contributed by atoms with Crippen molar-refractivity contribution in [2.75, 3.05) is 5.32 Å². The summed E-state index contributed by atoms with van der Waals surface area (Å²) in [6, 6.07) is 4.43. The molecule has 3 N–H and O–H groups in total. The van der Waals surface area contributed by atoms with Gasteiger partial charge in [-0.2, -0.15) is 13.9 Å². The first-order chi connectivity index (χ1) is 13.9. The predicted octanol–water partition coefficient (Wildman–Crippen LogP) is 4.06. The molecule has 2 aliphatic rings. The minimum absolute atomic E-state index is 0.0287. The van der Waals surface area contributed by atoms with Gasteiger partial charge in [-0.3, -0.25) is 5.10 Å². The molecule has 156 valence electrons. The number of ether oxygens (including phenoxy) is 2. The zero-order valence-corrected chi connectivity index (χ0v) is 16.0. The number of fused-ring (bicyclic) bond motifs is 7. The van der Waals surface area contributed by atoms with Crippen molar-refractivity contribution in [2.45, 2.75) is 63.2 Å². The van der Waals surface area contributed by atoms with E-state index in [0.29, 0.717) is 17.9 Å². The van der Waals surface area contributed by atoms with Gasteiger partial charge in [0.15, 0.2) is 5.82 Å². The van der Waals surface area contributed by atoms with Crippen LogP contribution in [0, 0.1) is 0 Å². The average Bonchev–Trinajstić information content (AvgIpc) is 3.29. The summed E-state index contributed by atoms with van der Waals surface area (Å²) in [5.41, 5.74) is 1.48. The van der Waals surface area contributed by atoms with Crippen LogP contribution in [0.1, 0.15) is 50.6 Å². The lowest BCUT2D eigenvalue weighted by molar-refractivity contribution is -0.184. The molecular weight excluding hydrogens is 384 g/mol. The molecule has 2 aromatic heterocycles. The van der Waals surface area contributed by atoms with Gasteiger partial charge in [-0.1, -0.05) is 0 Å². The van der Waals surface area contributed by atoms with Crippen LogP contribution in [0.5, 0.6) is 5.88 Å². The number of anilines is 2. The molecule has 1 amide bonds. The summed E-state index contributed by atoms with van der Waals surface area (Å²) in [7, 11) is 0. The average molecular weight is 407 g/mol. The maximum atomic E-state index is 14.2. The monoisotopic (exact) mass is 407 g/mol. The summed E-state index contributed by atoms with van der Waals surface area (Å²) in [5, 5.41) is 12.9. The molecule has 1 saturated carbocycles. The Balaban J connectivity index is 1.57. The number of carbonyl (C=O) groups excluding carboxylic acids is 1. The van der Waals surface area contributed by atoms with Crippen molar-refractivity contribution in [3.8, 4) is 5.88 Å². The topological polar surface area (TPSA) is 101 Å². The first-order valence-electron chi connectivity index (χ1n) is 9.69. The fourth-order valence-electron chi connectivity index (χ4n) is 3.68. The Morgan fingerprint density at radius 1 is 1.24 bits per heavy atom. The van der Waals surface area contributed by atoms with Crippen LogP contribution in [0.2, 0.25) is 0 Å². The normalized spacial score (nSPS) is 26.9. The van der Waals surface area contributed by atoms with E-state index >= 15 is 0 Å². The second-order valence-electron chi connectivity index (χ2n) is 7.58. The Hall–Kier alpha value is -2.91. The van der Waals surface area contributed by atoms with Gasteiger partial charge in [0.2, 0.25) is 5.88 Å². The van der Waals surface area contributed by atoms with Gasteiger partial charge in [0.1, 0.15) is 6.10 Å². The minimum Gasteiger partial charge on any atom is -0.446 e. The van der Waals surface area contributed by atoms with Crippen LogP contribution in [0.15, 0.2) is 24.4 Å². The molecule has 1 aliphatic carbocycles. The lowest BCUT2D eigenvalue weighted by atomic mass is 10.0. The number of halogens is 2. The van der Waals surface area contributed by atoms with Gasteiger partial charge >= 0.3 is 12.2 Å². The maximum absolute atomic E-state index is 14.2. The van der Waals surface area contributed by atoms with Crippen LogP contribution < -0.4 is 15.4 Å². The van der Waals surface area contributed by atoms with E-state index in [0.717, 1.165) is 18.5 Å². The number of carbonyl (C=O) groups is 1. The Morgan fingerprint density at radius 3 is 2.97 bits per heavy atom. The summed E-state index contributed by atoms with van der Waals surface area (Å²) in [6.07, 6.45) is -1.07. The Labute approximate surface area is 166 Å². The molecule has 0 saturated heterocycles. The van der Waals surface area contributed by atoms with Crippen LogP contribution in [0.3, 0.4) is 0 Å². The number of aromatic nitrogens is 3. The summed E-state index contributed by atoms with van der Waals surface area (Å²) in [6.45, 7) is 1.65. The predicted molar refractivity (Wildman–Crippen MR) is 100 cm³/mol. The van der Waals surface area contributed by atoms with Crippen molar-refractivity contribution in [1.29, 1.82) is 0 Å². The molecule has 8 nitrogen and oxygen atoms in total. The third-order valence-electron chi connectivity index (χ3n) is 5.19. The third-order valence-corrected chi connectivity index (χ3v) is 5.19. The molecule has 1 aliphatic heterocycles. The van der Waals surface area contributed by atoms with Gasteiger partial charge in [0.25, 0.3) is 0 Å². The van der Waals surface area contributed by atoms with Crippen LogP contribution in [0.4, 0.5) is 25.1 Å². The van der Waals surface area contributed by atoms with Crippen molar-refractivity contribution in [1.82, 2.24) is 20.5 Å². The number of nitrogens with one attached hydrogen (secondary N) is 3. The first-order valence-corrected chi connectivity index (χ1v) is 9.69. The number of H-pyrrole nitrogens is 1. The summed E-state index contributed by atoms with van der Waals surface area (Å²) < 4.78 is 38.7. The smallest absolute Gasteiger partial charge is 0.407 e. The quantitative estimate of drug-likeness (QED) is 0.609. The van der Waals surface area contributed by atoms with Crippen LogP contribution >= 0.6 is 0 Å². The highest BCUT2D eigenvalue weighted by atomic mass is 19.3. The highest BCUT2D eigenvalue weighted by Gasteiger charge is 2.34. The van der Waals surface area contributed by atoms with Gasteiger partial charge in [0.05, 0.1) is 6.42 Å². The van der Waals surface area contributed by atoms with Gasteiger partial charge in [-0.15, -0.1) is 0 Å². The van der Waals surface area contributed by atoms with Crippen LogP contribution in [-0.2, 0) is 4.74 Å². The summed E-state index contributed by atoms with van der Waals surface area (Å²) in [5.74, 6) is 0.568. The molecule has 3 heterocycles. The van der Waals surface area contributed by atoms with Crippen molar-refractivity contribution >= 4 is 17.6 Å². The Kier molecular flexibility index (Phi) is 5.25. The van der Waals surface area contributed by atoms with E-state index in [1.165, 1.54) is 12.3 Å². The first kappa shape index (κ1) is 19.4. The zero-order chi connectivity index (χ0) is 20.4. The number of hydrogen-bond donors (Lipinski definition) is 3.